The number of benzene rings is 3. The van der Waals surface area contributed by atoms with Crippen LogP contribution in [-0.2, 0) is 9.59 Å². The lowest BCUT2D eigenvalue weighted by Gasteiger charge is -2.25. The molecule has 0 radical (unpaired) electrons. The van der Waals surface area contributed by atoms with Gasteiger partial charge in [0.1, 0.15) is 23.1 Å². The summed E-state index contributed by atoms with van der Waals surface area (Å²) in [4.78, 5) is 27.3. The average molecular weight is 470 g/mol. The number of carbonyl (C=O) groups excluding carboxylic acids is 2. The van der Waals surface area contributed by atoms with E-state index in [9.17, 15) is 23.5 Å². The van der Waals surface area contributed by atoms with Gasteiger partial charge in [-0.05, 0) is 67.1 Å². The molecule has 5 nitrogen and oxygen atoms in total. The number of amides is 1. The van der Waals surface area contributed by atoms with Gasteiger partial charge in [0.15, 0.2) is 0 Å². The Hall–Kier alpha value is -3.71. The highest BCUT2D eigenvalue weighted by Gasteiger charge is 2.47. The summed E-state index contributed by atoms with van der Waals surface area (Å²) < 4.78 is 32.5. The zero-order valence-electron chi connectivity index (χ0n) is 17.4. The summed E-state index contributed by atoms with van der Waals surface area (Å²) in [6, 6.07) is 13.6. The SMILES string of the molecule is CCOc1cc(/C(O)=C2/C(=O)C(=O)N(c3ccc(F)cc3)C2c2ccc(F)cc2)ccc1Cl. The lowest BCUT2D eigenvalue weighted by molar-refractivity contribution is -0.132. The molecule has 168 valence electrons. The van der Waals surface area contributed by atoms with Crippen LogP contribution in [0.3, 0.4) is 0 Å². The molecule has 0 aliphatic carbocycles. The number of carbonyl (C=O) groups is 2. The number of hydrogen-bond donors (Lipinski definition) is 1. The van der Waals surface area contributed by atoms with E-state index in [4.69, 9.17) is 16.3 Å². The van der Waals surface area contributed by atoms with Crippen LogP contribution < -0.4 is 9.64 Å². The minimum absolute atomic E-state index is 0.194. The maximum Gasteiger partial charge on any atom is 0.300 e. The number of hydrogen-bond acceptors (Lipinski definition) is 4. The first kappa shape index (κ1) is 22.5. The number of ketones is 1. The molecule has 1 fully saturated rings. The first-order chi connectivity index (χ1) is 15.8. The third kappa shape index (κ3) is 4.19. The summed E-state index contributed by atoms with van der Waals surface area (Å²) in [6.45, 7) is 2.10. The van der Waals surface area contributed by atoms with E-state index in [0.717, 1.165) is 17.0 Å². The molecule has 0 aromatic heterocycles. The van der Waals surface area contributed by atoms with Gasteiger partial charge in [0, 0.05) is 11.3 Å². The second-order valence-electron chi connectivity index (χ2n) is 7.28. The molecule has 0 saturated carbocycles. The highest BCUT2D eigenvalue weighted by atomic mass is 35.5. The molecular formula is C25H18ClF2NO4. The van der Waals surface area contributed by atoms with Crippen LogP contribution >= 0.6 is 11.6 Å². The molecule has 1 amide bonds. The maximum atomic E-state index is 13.6. The summed E-state index contributed by atoms with van der Waals surface area (Å²) in [5.74, 6) is -3.00. The molecule has 0 spiro atoms. The van der Waals surface area contributed by atoms with Crippen molar-refractivity contribution in [1.29, 1.82) is 0 Å². The van der Waals surface area contributed by atoms with Crippen LogP contribution in [0.2, 0.25) is 5.02 Å². The topological polar surface area (TPSA) is 66.8 Å². The van der Waals surface area contributed by atoms with E-state index >= 15 is 0 Å². The van der Waals surface area contributed by atoms with E-state index in [0.29, 0.717) is 22.9 Å². The Morgan fingerprint density at radius 3 is 2.21 bits per heavy atom. The number of Topliss-reactive ketones (excluding diaryl/α,β-unsaturated/α-hetero) is 1. The average Bonchev–Trinajstić information content (AvgIpc) is 3.06. The fourth-order valence-corrected chi connectivity index (χ4v) is 3.91. The number of rotatable bonds is 5. The van der Waals surface area contributed by atoms with Crippen molar-refractivity contribution < 1.29 is 28.2 Å². The van der Waals surface area contributed by atoms with E-state index in [-0.39, 0.29) is 16.8 Å². The normalized spacial score (nSPS) is 17.5. The van der Waals surface area contributed by atoms with E-state index in [2.05, 4.69) is 0 Å². The Balaban J connectivity index is 1.92. The van der Waals surface area contributed by atoms with Crippen molar-refractivity contribution in [1.82, 2.24) is 0 Å². The molecule has 8 heteroatoms. The van der Waals surface area contributed by atoms with Crippen LogP contribution in [0.1, 0.15) is 24.1 Å². The summed E-state index contributed by atoms with van der Waals surface area (Å²) in [6.07, 6.45) is 0. The number of nitrogens with zero attached hydrogens (tertiary/aromatic N) is 1. The zero-order chi connectivity index (χ0) is 23.7. The van der Waals surface area contributed by atoms with Gasteiger partial charge in [0.25, 0.3) is 11.7 Å². The van der Waals surface area contributed by atoms with Gasteiger partial charge in [0.2, 0.25) is 0 Å². The summed E-state index contributed by atoms with van der Waals surface area (Å²) in [7, 11) is 0. The Labute approximate surface area is 193 Å². The van der Waals surface area contributed by atoms with Crippen molar-refractivity contribution in [3.05, 3.63) is 100 Å². The van der Waals surface area contributed by atoms with Crippen molar-refractivity contribution in [3.8, 4) is 5.75 Å². The molecule has 3 aromatic rings. The van der Waals surface area contributed by atoms with Gasteiger partial charge in [-0.3, -0.25) is 14.5 Å². The van der Waals surface area contributed by atoms with Crippen LogP contribution in [0.4, 0.5) is 14.5 Å². The second-order valence-corrected chi connectivity index (χ2v) is 7.68. The van der Waals surface area contributed by atoms with Crippen molar-refractivity contribution in [2.24, 2.45) is 0 Å². The first-order valence-corrected chi connectivity index (χ1v) is 10.4. The molecule has 1 unspecified atom stereocenters. The Bertz CT molecular complexity index is 1260. The van der Waals surface area contributed by atoms with Gasteiger partial charge < -0.3 is 9.84 Å². The van der Waals surface area contributed by atoms with E-state index in [1.165, 1.54) is 54.6 Å². The van der Waals surface area contributed by atoms with E-state index in [1.807, 2.05) is 0 Å². The maximum absolute atomic E-state index is 13.6. The molecule has 1 heterocycles. The van der Waals surface area contributed by atoms with Crippen molar-refractivity contribution in [3.63, 3.8) is 0 Å². The molecule has 1 atom stereocenters. The third-order valence-corrected chi connectivity index (χ3v) is 5.55. The smallest absolute Gasteiger partial charge is 0.300 e. The summed E-state index contributed by atoms with van der Waals surface area (Å²) in [5.41, 5.74) is 0.659. The van der Waals surface area contributed by atoms with Crippen LogP contribution in [-0.4, -0.2) is 23.4 Å². The van der Waals surface area contributed by atoms with Crippen molar-refractivity contribution in [2.45, 2.75) is 13.0 Å². The Kier molecular flexibility index (Phi) is 6.16. The van der Waals surface area contributed by atoms with Crippen molar-refractivity contribution in [2.75, 3.05) is 11.5 Å². The number of aliphatic hydroxyl groups excluding tert-OH is 1. The predicted molar refractivity (Wildman–Crippen MR) is 120 cm³/mol. The number of aliphatic hydroxyl groups is 1. The van der Waals surface area contributed by atoms with E-state index < -0.39 is 35.1 Å². The molecular weight excluding hydrogens is 452 g/mol. The minimum Gasteiger partial charge on any atom is -0.507 e. The fraction of sp³-hybridized carbons (Fsp3) is 0.120. The summed E-state index contributed by atoms with van der Waals surface area (Å²) >= 11 is 6.13. The van der Waals surface area contributed by atoms with Crippen LogP contribution in [0, 0.1) is 11.6 Å². The molecule has 1 saturated heterocycles. The van der Waals surface area contributed by atoms with Crippen LogP contribution in [0.5, 0.6) is 5.75 Å². The molecule has 4 rings (SSSR count). The monoisotopic (exact) mass is 469 g/mol. The van der Waals surface area contributed by atoms with Crippen LogP contribution in [0.25, 0.3) is 5.76 Å². The van der Waals surface area contributed by atoms with Gasteiger partial charge in [-0.1, -0.05) is 23.7 Å². The molecule has 0 bridgehead atoms. The zero-order valence-corrected chi connectivity index (χ0v) is 18.1. The minimum atomic E-state index is -1.07. The van der Waals surface area contributed by atoms with Crippen LogP contribution in [0.15, 0.2) is 72.3 Å². The third-order valence-electron chi connectivity index (χ3n) is 5.24. The second kappa shape index (κ2) is 9.03. The summed E-state index contributed by atoms with van der Waals surface area (Å²) in [5, 5.41) is 11.4. The predicted octanol–water partition coefficient (Wildman–Crippen LogP) is 5.64. The lowest BCUT2D eigenvalue weighted by atomic mass is 9.95. The Morgan fingerprint density at radius 2 is 1.61 bits per heavy atom. The fourth-order valence-electron chi connectivity index (χ4n) is 3.73. The molecule has 1 N–H and O–H groups in total. The quantitative estimate of drug-likeness (QED) is 0.298. The van der Waals surface area contributed by atoms with Gasteiger partial charge in [-0.25, -0.2) is 8.78 Å². The molecule has 1 aliphatic rings. The van der Waals surface area contributed by atoms with Gasteiger partial charge in [-0.15, -0.1) is 0 Å². The molecule has 1 aliphatic heterocycles. The largest absolute Gasteiger partial charge is 0.507 e. The molecule has 33 heavy (non-hydrogen) atoms. The molecule has 3 aromatic carbocycles. The number of anilines is 1. The highest BCUT2D eigenvalue weighted by Crippen LogP contribution is 2.42. The number of ether oxygens (including phenoxy) is 1. The lowest BCUT2D eigenvalue weighted by Crippen LogP contribution is -2.29. The first-order valence-electron chi connectivity index (χ1n) is 10.1. The number of halogens is 3. The van der Waals surface area contributed by atoms with E-state index in [1.54, 1.807) is 6.92 Å². The van der Waals surface area contributed by atoms with Gasteiger partial charge >= 0.3 is 0 Å². The standard InChI is InChI=1S/C25H18ClF2NO4/c1-2-33-20-13-15(5-12-19(20)26)23(30)21-22(14-3-6-16(27)7-4-14)29(25(32)24(21)31)18-10-8-17(28)9-11-18/h3-13,22,30H,2H2,1H3/b23-21-. The van der Waals surface area contributed by atoms with Gasteiger partial charge in [-0.2, -0.15) is 0 Å². The van der Waals surface area contributed by atoms with Gasteiger partial charge in [0.05, 0.1) is 23.2 Å². The van der Waals surface area contributed by atoms with Crippen molar-refractivity contribution >= 4 is 34.7 Å². The highest BCUT2D eigenvalue weighted by molar-refractivity contribution is 6.51. The Morgan fingerprint density at radius 1 is 1.00 bits per heavy atom.